The van der Waals surface area contributed by atoms with Crippen LogP contribution in [0.1, 0.15) is 34.9 Å². The van der Waals surface area contributed by atoms with E-state index in [1.54, 1.807) is 12.1 Å². The number of morpholine rings is 1. The first kappa shape index (κ1) is 16.8. The van der Waals surface area contributed by atoms with Gasteiger partial charge in [-0.15, -0.1) is 0 Å². The molecular formula is C22H18ClNO2. The molecule has 0 bridgehead atoms. The molecule has 4 heteroatoms. The van der Waals surface area contributed by atoms with Crippen LogP contribution in [-0.4, -0.2) is 5.97 Å². The minimum Gasteiger partial charge on any atom is -0.454 e. The SMILES string of the molecule is O=C1O[C@H](c2ccccc2)[C@H](c2ccccc2)N[C@@H]1c1ccc(Cl)cc1. The molecule has 1 saturated heterocycles. The van der Waals surface area contributed by atoms with Crippen molar-refractivity contribution in [2.24, 2.45) is 0 Å². The molecule has 0 saturated carbocycles. The Kier molecular flexibility index (Phi) is 4.74. The van der Waals surface area contributed by atoms with E-state index in [1.165, 1.54) is 0 Å². The van der Waals surface area contributed by atoms with Crippen LogP contribution in [0.4, 0.5) is 0 Å². The number of carbonyl (C=O) groups excluding carboxylic acids is 1. The number of rotatable bonds is 3. The first-order valence-corrected chi connectivity index (χ1v) is 8.92. The highest BCUT2D eigenvalue weighted by molar-refractivity contribution is 6.30. The topological polar surface area (TPSA) is 38.3 Å². The van der Waals surface area contributed by atoms with E-state index in [4.69, 9.17) is 16.3 Å². The van der Waals surface area contributed by atoms with Crippen LogP contribution in [0.25, 0.3) is 0 Å². The molecule has 0 unspecified atom stereocenters. The molecule has 3 aromatic carbocycles. The lowest BCUT2D eigenvalue weighted by atomic mass is 9.92. The molecule has 0 spiro atoms. The summed E-state index contributed by atoms with van der Waals surface area (Å²) in [5.74, 6) is -0.284. The molecule has 3 aromatic rings. The Hall–Kier alpha value is -2.62. The van der Waals surface area contributed by atoms with Crippen LogP contribution in [0.5, 0.6) is 0 Å². The maximum Gasteiger partial charge on any atom is 0.328 e. The zero-order chi connectivity index (χ0) is 17.9. The molecule has 1 heterocycles. The molecule has 3 nitrogen and oxygen atoms in total. The smallest absolute Gasteiger partial charge is 0.328 e. The van der Waals surface area contributed by atoms with Crippen LogP contribution < -0.4 is 5.32 Å². The van der Waals surface area contributed by atoms with Crippen molar-refractivity contribution in [3.05, 3.63) is 107 Å². The second-order valence-electron chi connectivity index (χ2n) is 6.31. The number of esters is 1. The van der Waals surface area contributed by atoms with Crippen LogP contribution in [0, 0.1) is 0 Å². The minimum atomic E-state index is -0.530. The summed E-state index contributed by atoms with van der Waals surface area (Å²) in [7, 11) is 0. The van der Waals surface area contributed by atoms with Gasteiger partial charge in [0.15, 0.2) is 0 Å². The molecule has 0 radical (unpaired) electrons. The predicted molar refractivity (Wildman–Crippen MR) is 102 cm³/mol. The maximum absolute atomic E-state index is 12.7. The number of nitrogens with one attached hydrogen (secondary N) is 1. The van der Waals surface area contributed by atoms with Crippen LogP contribution in [0.3, 0.4) is 0 Å². The molecule has 1 aliphatic heterocycles. The first-order valence-electron chi connectivity index (χ1n) is 8.54. The van der Waals surface area contributed by atoms with Gasteiger partial charge in [0, 0.05) is 5.02 Å². The van der Waals surface area contributed by atoms with E-state index in [2.05, 4.69) is 5.32 Å². The largest absolute Gasteiger partial charge is 0.454 e. The van der Waals surface area contributed by atoms with Crippen molar-refractivity contribution >= 4 is 17.6 Å². The Bertz CT molecular complexity index is 881. The van der Waals surface area contributed by atoms with Crippen molar-refractivity contribution in [1.82, 2.24) is 5.32 Å². The molecule has 0 aliphatic carbocycles. The molecule has 1 aliphatic rings. The minimum absolute atomic E-state index is 0.142. The third-order valence-corrected chi connectivity index (χ3v) is 4.87. The summed E-state index contributed by atoms with van der Waals surface area (Å²) in [6, 6.07) is 26.5. The summed E-state index contributed by atoms with van der Waals surface area (Å²) in [5.41, 5.74) is 2.89. The van der Waals surface area contributed by atoms with Crippen molar-refractivity contribution < 1.29 is 9.53 Å². The van der Waals surface area contributed by atoms with Crippen molar-refractivity contribution in [3.63, 3.8) is 0 Å². The zero-order valence-electron chi connectivity index (χ0n) is 14.0. The number of carbonyl (C=O) groups is 1. The fourth-order valence-electron chi connectivity index (χ4n) is 3.32. The summed E-state index contributed by atoms with van der Waals surface area (Å²) < 4.78 is 5.90. The predicted octanol–water partition coefficient (Wildman–Crippen LogP) is 5.01. The average molecular weight is 364 g/mol. The van der Waals surface area contributed by atoms with Gasteiger partial charge in [0.25, 0.3) is 0 Å². The molecule has 3 atom stereocenters. The second kappa shape index (κ2) is 7.32. The Morgan fingerprint density at radius 2 is 1.31 bits per heavy atom. The van der Waals surface area contributed by atoms with E-state index in [9.17, 15) is 4.79 Å². The van der Waals surface area contributed by atoms with E-state index >= 15 is 0 Å². The van der Waals surface area contributed by atoms with E-state index in [1.807, 2.05) is 72.8 Å². The number of ether oxygens (including phenoxy) is 1. The molecule has 0 aromatic heterocycles. The number of benzene rings is 3. The fourth-order valence-corrected chi connectivity index (χ4v) is 3.44. The van der Waals surface area contributed by atoms with Gasteiger partial charge < -0.3 is 4.74 Å². The highest BCUT2D eigenvalue weighted by atomic mass is 35.5. The summed E-state index contributed by atoms with van der Waals surface area (Å²) in [4.78, 5) is 12.7. The Balaban J connectivity index is 1.71. The van der Waals surface area contributed by atoms with Gasteiger partial charge >= 0.3 is 5.97 Å². The van der Waals surface area contributed by atoms with Gasteiger partial charge in [-0.2, -0.15) is 0 Å². The number of hydrogen-bond donors (Lipinski definition) is 1. The van der Waals surface area contributed by atoms with Gasteiger partial charge in [0.05, 0.1) is 6.04 Å². The van der Waals surface area contributed by atoms with Crippen LogP contribution in [0.2, 0.25) is 5.02 Å². The number of cyclic esters (lactones) is 1. The molecule has 4 rings (SSSR count). The van der Waals surface area contributed by atoms with Crippen molar-refractivity contribution in [2.45, 2.75) is 18.2 Å². The van der Waals surface area contributed by atoms with E-state index < -0.39 is 6.04 Å². The summed E-state index contributed by atoms with van der Waals surface area (Å²) in [6.07, 6.45) is -0.380. The average Bonchev–Trinajstić information content (AvgIpc) is 2.70. The lowest BCUT2D eigenvalue weighted by Crippen LogP contribution is -2.43. The number of halogens is 1. The quantitative estimate of drug-likeness (QED) is 0.665. The monoisotopic (exact) mass is 363 g/mol. The third-order valence-electron chi connectivity index (χ3n) is 4.62. The van der Waals surface area contributed by atoms with Gasteiger partial charge in [0.2, 0.25) is 0 Å². The zero-order valence-corrected chi connectivity index (χ0v) is 14.8. The van der Waals surface area contributed by atoms with Crippen molar-refractivity contribution in [1.29, 1.82) is 0 Å². The van der Waals surface area contributed by atoms with E-state index in [0.717, 1.165) is 16.7 Å². The molecule has 0 amide bonds. The van der Waals surface area contributed by atoms with E-state index in [0.29, 0.717) is 5.02 Å². The summed E-state index contributed by atoms with van der Waals surface area (Å²) >= 11 is 5.98. The fraction of sp³-hybridized carbons (Fsp3) is 0.136. The standard InChI is InChI=1S/C22H18ClNO2/c23-18-13-11-16(12-14-18)20-22(25)26-21(17-9-5-2-6-10-17)19(24-20)15-7-3-1-4-8-15/h1-14,19-21,24H/t19-,20+,21+/m0/s1. The second-order valence-corrected chi connectivity index (χ2v) is 6.74. The van der Waals surface area contributed by atoms with Gasteiger partial charge in [0.1, 0.15) is 12.1 Å². The van der Waals surface area contributed by atoms with Crippen LogP contribution >= 0.6 is 11.6 Å². The number of hydrogen-bond acceptors (Lipinski definition) is 3. The summed E-state index contributed by atoms with van der Waals surface area (Å²) in [6.45, 7) is 0. The Morgan fingerprint density at radius 1 is 0.731 bits per heavy atom. The Morgan fingerprint density at radius 3 is 1.92 bits per heavy atom. The maximum atomic E-state index is 12.7. The van der Waals surface area contributed by atoms with Crippen LogP contribution in [0.15, 0.2) is 84.9 Å². The van der Waals surface area contributed by atoms with Crippen LogP contribution in [-0.2, 0) is 9.53 Å². The normalized spacial score (nSPS) is 22.7. The van der Waals surface area contributed by atoms with E-state index in [-0.39, 0.29) is 18.1 Å². The third kappa shape index (κ3) is 3.36. The van der Waals surface area contributed by atoms with Gasteiger partial charge in [-0.25, -0.2) is 4.79 Å². The van der Waals surface area contributed by atoms with Gasteiger partial charge in [-0.05, 0) is 28.8 Å². The van der Waals surface area contributed by atoms with Gasteiger partial charge in [-0.3, -0.25) is 5.32 Å². The Labute approximate surface area is 157 Å². The highest BCUT2D eigenvalue weighted by Crippen LogP contribution is 2.39. The first-order chi connectivity index (χ1) is 12.7. The van der Waals surface area contributed by atoms with Crippen molar-refractivity contribution in [3.8, 4) is 0 Å². The molecule has 1 N–H and O–H groups in total. The van der Waals surface area contributed by atoms with Crippen molar-refractivity contribution in [2.75, 3.05) is 0 Å². The molecule has 1 fully saturated rings. The molecule has 26 heavy (non-hydrogen) atoms. The lowest BCUT2D eigenvalue weighted by Gasteiger charge is -2.37. The van der Waals surface area contributed by atoms with Gasteiger partial charge in [-0.1, -0.05) is 84.4 Å². The molecule has 130 valence electrons. The molecular weight excluding hydrogens is 346 g/mol. The highest BCUT2D eigenvalue weighted by Gasteiger charge is 2.39. The lowest BCUT2D eigenvalue weighted by molar-refractivity contribution is -0.161. The summed E-state index contributed by atoms with van der Waals surface area (Å²) in [5, 5.41) is 4.12.